The summed E-state index contributed by atoms with van der Waals surface area (Å²) in [5.41, 5.74) is -1.13. The maximum atomic E-state index is 13.6. The third-order valence-electron chi connectivity index (χ3n) is 2.49. The van der Waals surface area contributed by atoms with Gasteiger partial charge in [-0.3, -0.25) is 14.9 Å². The van der Waals surface area contributed by atoms with Gasteiger partial charge in [0.1, 0.15) is 11.4 Å². The highest BCUT2D eigenvalue weighted by Crippen LogP contribution is 2.27. The molecule has 21 heavy (non-hydrogen) atoms. The second-order valence-corrected chi connectivity index (χ2v) is 4.63. The minimum Gasteiger partial charge on any atom is -0.319 e. The van der Waals surface area contributed by atoms with Gasteiger partial charge in [0, 0.05) is 11.2 Å². The molecule has 9 heteroatoms. The van der Waals surface area contributed by atoms with Crippen LogP contribution in [-0.4, -0.2) is 15.8 Å². The summed E-state index contributed by atoms with van der Waals surface area (Å²) >= 11 is 11.2. The highest BCUT2D eigenvalue weighted by atomic mass is 35.5. The minimum absolute atomic E-state index is 0.156. The number of rotatable bonds is 3. The number of pyridine rings is 1. The van der Waals surface area contributed by atoms with Crippen LogP contribution in [0.2, 0.25) is 10.2 Å². The van der Waals surface area contributed by atoms with Gasteiger partial charge in [0.15, 0.2) is 0 Å². The summed E-state index contributed by atoms with van der Waals surface area (Å²) < 4.78 is 13.6. The lowest BCUT2D eigenvalue weighted by molar-refractivity contribution is -0.385. The van der Waals surface area contributed by atoms with Crippen LogP contribution in [-0.2, 0) is 0 Å². The lowest BCUT2D eigenvalue weighted by Gasteiger charge is -2.07. The standard InChI is InChI=1S/C12H6Cl2FN3O3/c13-6-1-2-9(8(15)5-6)17-12(19)7-3-4-16-11(14)10(7)18(20)21/h1-5H,(H,17,19). The first-order valence-corrected chi connectivity index (χ1v) is 6.21. The van der Waals surface area contributed by atoms with Gasteiger partial charge in [-0.1, -0.05) is 23.2 Å². The van der Waals surface area contributed by atoms with Crippen molar-refractivity contribution < 1.29 is 14.1 Å². The third kappa shape index (κ3) is 3.26. The molecule has 0 aliphatic carbocycles. The Morgan fingerprint density at radius 1 is 1.33 bits per heavy atom. The lowest BCUT2D eigenvalue weighted by atomic mass is 10.2. The number of halogens is 3. The normalized spacial score (nSPS) is 10.2. The predicted molar refractivity (Wildman–Crippen MR) is 75.3 cm³/mol. The number of benzene rings is 1. The molecule has 0 atom stereocenters. The molecule has 1 aromatic heterocycles. The van der Waals surface area contributed by atoms with Crippen molar-refractivity contribution in [2.75, 3.05) is 5.32 Å². The molecular formula is C12H6Cl2FN3O3. The zero-order chi connectivity index (χ0) is 15.6. The van der Waals surface area contributed by atoms with E-state index in [0.29, 0.717) is 0 Å². The maximum absolute atomic E-state index is 13.6. The van der Waals surface area contributed by atoms with Crippen LogP contribution in [0.5, 0.6) is 0 Å². The molecule has 0 aliphatic heterocycles. The molecule has 0 fully saturated rings. The molecule has 0 aliphatic rings. The van der Waals surface area contributed by atoms with Gasteiger partial charge in [-0.05, 0) is 24.3 Å². The number of carbonyl (C=O) groups is 1. The van der Waals surface area contributed by atoms with E-state index in [1.807, 2.05) is 0 Å². The molecule has 0 bridgehead atoms. The first-order valence-electron chi connectivity index (χ1n) is 5.45. The van der Waals surface area contributed by atoms with E-state index in [4.69, 9.17) is 23.2 Å². The molecule has 6 nitrogen and oxygen atoms in total. The summed E-state index contributed by atoms with van der Waals surface area (Å²) in [6, 6.07) is 4.73. The molecule has 1 heterocycles. The molecule has 0 spiro atoms. The van der Waals surface area contributed by atoms with Crippen LogP contribution < -0.4 is 5.32 Å². The molecule has 0 saturated carbocycles. The van der Waals surface area contributed by atoms with Gasteiger partial charge >= 0.3 is 5.69 Å². The Morgan fingerprint density at radius 3 is 2.67 bits per heavy atom. The van der Waals surface area contributed by atoms with Crippen molar-refractivity contribution in [1.82, 2.24) is 4.98 Å². The Labute approximate surface area is 127 Å². The first-order chi connectivity index (χ1) is 9.90. The maximum Gasteiger partial charge on any atom is 0.319 e. The molecule has 2 rings (SSSR count). The fourth-order valence-corrected chi connectivity index (χ4v) is 1.95. The van der Waals surface area contributed by atoms with Crippen LogP contribution >= 0.6 is 23.2 Å². The molecular weight excluding hydrogens is 324 g/mol. The average Bonchev–Trinajstić information content (AvgIpc) is 2.41. The van der Waals surface area contributed by atoms with E-state index >= 15 is 0 Å². The number of carbonyl (C=O) groups excluding carboxylic acids is 1. The summed E-state index contributed by atoms with van der Waals surface area (Å²) in [7, 11) is 0. The number of anilines is 1. The number of nitro groups is 1. The Hall–Kier alpha value is -2.25. The molecule has 1 N–H and O–H groups in total. The number of nitrogens with one attached hydrogen (secondary N) is 1. The van der Waals surface area contributed by atoms with Gasteiger partial charge in [-0.2, -0.15) is 0 Å². The van der Waals surface area contributed by atoms with Crippen LogP contribution in [0.4, 0.5) is 15.8 Å². The smallest absolute Gasteiger partial charge is 0.319 e. The number of amides is 1. The number of hydrogen-bond acceptors (Lipinski definition) is 4. The summed E-state index contributed by atoms with van der Waals surface area (Å²) in [5.74, 6) is -1.65. The lowest BCUT2D eigenvalue weighted by Crippen LogP contribution is -2.15. The fourth-order valence-electron chi connectivity index (χ4n) is 1.57. The highest BCUT2D eigenvalue weighted by Gasteiger charge is 2.25. The van der Waals surface area contributed by atoms with Crippen molar-refractivity contribution in [3.8, 4) is 0 Å². The highest BCUT2D eigenvalue weighted by molar-refractivity contribution is 6.32. The second-order valence-electron chi connectivity index (χ2n) is 3.83. The topological polar surface area (TPSA) is 85.1 Å². The number of nitrogens with zero attached hydrogens (tertiary/aromatic N) is 2. The van der Waals surface area contributed by atoms with Crippen LogP contribution in [0.3, 0.4) is 0 Å². The Balaban J connectivity index is 2.37. The van der Waals surface area contributed by atoms with Gasteiger partial charge in [0.25, 0.3) is 5.91 Å². The second kappa shape index (κ2) is 6.02. The monoisotopic (exact) mass is 329 g/mol. The molecule has 0 unspecified atom stereocenters. The van der Waals surface area contributed by atoms with Crippen LogP contribution in [0.1, 0.15) is 10.4 Å². The van der Waals surface area contributed by atoms with Gasteiger partial charge in [-0.25, -0.2) is 9.37 Å². The van der Waals surface area contributed by atoms with Crippen LogP contribution in [0.15, 0.2) is 30.5 Å². The van der Waals surface area contributed by atoms with Crippen LogP contribution in [0, 0.1) is 15.9 Å². The first kappa shape index (κ1) is 15.1. The van der Waals surface area contributed by atoms with Gasteiger partial charge < -0.3 is 5.32 Å². The van der Waals surface area contributed by atoms with E-state index in [1.165, 1.54) is 12.1 Å². The molecule has 1 amide bonds. The molecule has 0 saturated heterocycles. The SMILES string of the molecule is O=C(Nc1ccc(Cl)cc1F)c1ccnc(Cl)c1[N+](=O)[O-]. The summed E-state index contributed by atoms with van der Waals surface area (Å²) in [5, 5.41) is 12.9. The number of hydrogen-bond donors (Lipinski definition) is 1. The summed E-state index contributed by atoms with van der Waals surface area (Å²) in [6.07, 6.45) is 1.14. The average molecular weight is 330 g/mol. The van der Waals surface area contributed by atoms with Crippen molar-refractivity contribution in [2.24, 2.45) is 0 Å². The van der Waals surface area contributed by atoms with Gasteiger partial charge in [-0.15, -0.1) is 0 Å². The fraction of sp³-hybridized carbons (Fsp3) is 0. The van der Waals surface area contributed by atoms with Crippen molar-refractivity contribution in [3.63, 3.8) is 0 Å². The van der Waals surface area contributed by atoms with Gasteiger partial charge in [0.05, 0.1) is 10.6 Å². The van der Waals surface area contributed by atoms with Crippen molar-refractivity contribution in [3.05, 3.63) is 62.1 Å². The molecule has 0 radical (unpaired) electrons. The van der Waals surface area contributed by atoms with E-state index < -0.39 is 27.5 Å². The summed E-state index contributed by atoms with van der Waals surface area (Å²) in [4.78, 5) is 25.6. The Kier molecular flexibility index (Phi) is 4.35. The third-order valence-corrected chi connectivity index (χ3v) is 3.00. The van der Waals surface area contributed by atoms with E-state index in [9.17, 15) is 19.3 Å². The van der Waals surface area contributed by atoms with E-state index in [0.717, 1.165) is 18.3 Å². The predicted octanol–water partition coefficient (Wildman–Crippen LogP) is 3.69. The van der Waals surface area contributed by atoms with Gasteiger partial charge in [0.2, 0.25) is 5.15 Å². The Bertz CT molecular complexity index is 740. The quantitative estimate of drug-likeness (QED) is 0.528. The number of aromatic nitrogens is 1. The van der Waals surface area contributed by atoms with Crippen LogP contribution in [0.25, 0.3) is 0 Å². The van der Waals surface area contributed by atoms with Crippen molar-refractivity contribution in [1.29, 1.82) is 0 Å². The van der Waals surface area contributed by atoms with Crippen molar-refractivity contribution >= 4 is 40.5 Å². The zero-order valence-electron chi connectivity index (χ0n) is 10.1. The molecule has 2 aromatic rings. The largest absolute Gasteiger partial charge is 0.319 e. The van der Waals surface area contributed by atoms with E-state index in [2.05, 4.69) is 10.3 Å². The van der Waals surface area contributed by atoms with E-state index in [1.54, 1.807) is 0 Å². The molecule has 108 valence electrons. The minimum atomic E-state index is -0.882. The summed E-state index contributed by atoms with van der Waals surface area (Å²) in [6.45, 7) is 0. The molecule has 1 aromatic carbocycles. The Morgan fingerprint density at radius 2 is 2.05 bits per heavy atom. The van der Waals surface area contributed by atoms with Crippen molar-refractivity contribution in [2.45, 2.75) is 0 Å². The zero-order valence-corrected chi connectivity index (χ0v) is 11.7. The van der Waals surface area contributed by atoms with E-state index in [-0.39, 0.29) is 16.3 Å².